The second-order valence-electron chi connectivity index (χ2n) is 6.71. The van der Waals surface area contributed by atoms with Gasteiger partial charge >= 0.3 is 0 Å². The zero-order valence-corrected chi connectivity index (χ0v) is 17.0. The molecule has 3 rings (SSSR count). The lowest BCUT2D eigenvalue weighted by molar-refractivity contribution is -0.120. The SMILES string of the molecule is O=C(CCNSc1ccc(F)cc1)NCCC(c1ccccc1)c1ccccc1. The molecule has 0 saturated carbocycles. The normalized spacial score (nSPS) is 10.8. The summed E-state index contributed by atoms with van der Waals surface area (Å²) in [5.74, 6) is 0.0278. The molecule has 2 N–H and O–H groups in total. The molecule has 0 aliphatic heterocycles. The molecule has 0 aliphatic carbocycles. The van der Waals surface area contributed by atoms with Gasteiger partial charge in [-0.2, -0.15) is 0 Å². The third kappa shape index (κ3) is 7.04. The number of benzene rings is 3. The van der Waals surface area contributed by atoms with E-state index >= 15 is 0 Å². The number of carbonyl (C=O) groups excluding carboxylic acids is 1. The van der Waals surface area contributed by atoms with Crippen molar-refractivity contribution in [1.29, 1.82) is 0 Å². The van der Waals surface area contributed by atoms with Crippen molar-refractivity contribution in [2.75, 3.05) is 13.1 Å². The van der Waals surface area contributed by atoms with E-state index in [9.17, 15) is 9.18 Å². The summed E-state index contributed by atoms with van der Waals surface area (Å²) >= 11 is 1.40. The van der Waals surface area contributed by atoms with E-state index in [1.165, 1.54) is 35.2 Å². The second-order valence-corrected chi connectivity index (χ2v) is 7.68. The Morgan fingerprint density at radius 2 is 1.41 bits per heavy atom. The van der Waals surface area contributed by atoms with E-state index in [-0.39, 0.29) is 17.6 Å². The maximum atomic E-state index is 12.9. The Kier molecular flexibility index (Phi) is 8.28. The Bertz CT molecular complexity index is 833. The summed E-state index contributed by atoms with van der Waals surface area (Å²) in [5.41, 5.74) is 2.51. The number of rotatable bonds is 10. The molecule has 0 spiro atoms. The molecule has 0 heterocycles. The smallest absolute Gasteiger partial charge is 0.221 e. The molecule has 29 heavy (non-hydrogen) atoms. The average molecular weight is 409 g/mol. The standard InChI is InChI=1S/C24H25FN2OS/c25-21-11-13-22(14-12-21)29-27-18-16-24(28)26-17-15-23(19-7-3-1-4-8-19)20-9-5-2-6-10-20/h1-14,23,27H,15-18H2,(H,26,28). The molecule has 0 radical (unpaired) electrons. The van der Waals surface area contributed by atoms with Crippen LogP contribution in [0.25, 0.3) is 0 Å². The maximum Gasteiger partial charge on any atom is 0.221 e. The molecule has 0 aliphatic rings. The zero-order valence-electron chi connectivity index (χ0n) is 16.2. The number of halogens is 1. The first-order valence-corrected chi connectivity index (χ1v) is 10.6. The largest absolute Gasteiger partial charge is 0.356 e. The fourth-order valence-electron chi connectivity index (χ4n) is 3.14. The first-order valence-electron chi connectivity index (χ1n) is 9.74. The minimum Gasteiger partial charge on any atom is -0.356 e. The third-order valence-electron chi connectivity index (χ3n) is 4.62. The lowest BCUT2D eigenvalue weighted by atomic mass is 9.88. The van der Waals surface area contributed by atoms with Crippen LogP contribution in [0.2, 0.25) is 0 Å². The predicted octanol–water partition coefficient (Wildman–Crippen LogP) is 5.15. The van der Waals surface area contributed by atoms with Gasteiger partial charge in [0.15, 0.2) is 0 Å². The minimum absolute atomic E-state index is 0.0251. The zero-order chi connectivity index (χ0) is 20.3. The van der Waals surface area contributed by atoms with Crippen LogP contribution in [0, 0.1) is 5.82 Å². The molecule has 0 aromatic heterocycles. The molecule has 150 valence electrons. The highest BCUT2D eigenvalue weighted by atomic mass is 32.2. The second kappa shape index (κ2) is 11.4. The van der Waals surface area contributed by atoms with Gasteiger partial charge in [0.1, 0.15) is 5.82 Å². The number of hydrogen-bond donors (Lipinski definition) is 2. The van der Waals surface area contributed by atoms with Gasteiger partial charge in [0.25, 0.3) is 0 Å². The van der Waals surface area contributed by atoms with Gasteiger partial charge in [-0.1, -0.05) is 60.7 Å². The van der Waals surface area contributed by atoms with Gasteiger partial charge in [-0.15, -0.1) is 0 Å². The van der Waals surface area contributed by atoms with Crippen LogP contribution >= 0.6 is 11.9 Å². The summed E-state index contributed by atoms with van der Waals surface area (Å²) in [6, 6.07) is 27.0. The van der Waals surface area contributed by atoms with Crippen LogP contribution in [0.1, 0.15) is 29.9 Å². The van der Waals surface area contributed by atoms with Gasteiger partial charge in [-0.3, -0.25) is 9.52 Å². The first-order chi connectivity index (χ1) is 14.2. The van der Waals surface area contributed by atoms with Gasteiger partial charge in [0, 0.05) is 30.3 Å². The van der Waals surface area contributed by atoms with Crippen LogP contribution in [0.15, 0.2) is 89.8 Å². The summed E-state index contributed by atoms with van der Waals surface area (Å²) in [5, 5.41) is 3.02. The number of hydrogen-bond acceptors (Lipinski definition) is 3. The van der Waals surface area contributed by atoms with Gasteiger partial charge in [0.05, 0.1) is 0 Å². The van der Waals surface area contributed by atoms with E-state index < -0.39 is 0 Å². The Morgan fingerprint density at radius 3 is 2.00 bits per heavy atom. The average Bonchev–Trinajstić information content (AvgIpc) is 2.77. The summed E-state index contributed by atoms with van der Waals surface area (Å²) in [6.45, 7) is 1.17. The molecule has 3 aromatic carbocycles. The predicted molar refractivity (Wildman–Crippen MR) is 117 cm³/mol. The van der Waals surface area contributed by atoms with Crippen molar-refractivity contribution in [3.63, 3.8) is 0 Å². The fraction of sp³-hybridized carbons (Fsp3) is 0.208. The van der Waals surface area contributed by atoms with Crippen LogP contribution in [0.3, 0.4) is 0 Å². The molecule has 0 fully saturated rings. The van der Waals surface area contributed by atoms with E-state index in [1.54, 1.807) is 12.1 Å². The Morgan fingerprint density at radius 1 is 0.828 bits per heavy atom. The molecule has 0 saturated heterocycles. The van der Waals surface area contributed by atoms with E-state index in [2.05, 4.69) is 34.3 Å². The third-order valence-corrected chi connectivity index (χ3v) is 5.47. The molecule has 3 nitrogen and oxygen atoms in total. The molecular formula is C24H25FN2OS. The van der Waals surface area contributed by atoms with Crippen molar-refractivity contribution in [1.82, 2.24) is 10.0 Å². The lowest BCUT2D eigenvalue weighted by Crippen LogP contribution is -2.28. The van der Waals surface area contributed by atoms with Crippen LogP contribution in [0.4, 0.5) is 4.39 Å². The Hall–Kier alpha value is -2.63. The number of carbonyl (C=O) groups is 1. The van der Waals surface area contributed by atoms with E-state index in [0.717, 1.165) is 11.3 Å². The first kappa shape index (κ1) is 21.1. The minimum atomic E-state index is -0.252. The van der Waals surface area contributed by atoms with Crippen LogP contribution in [-0.2, 0) is 4.79 Å². The van der Waals surface area contributed by atoms with E-state index in [1.807, 2.05) is 36.4 Å². The van der Waals surface area contributed by atoms with Crippen LogP contribution in [-0.4, -0.2) is 19.0 Å². The van der Waals surface area contributed by atoms with Crippen LogP contribution < -0.4 is 10.0 Å². The van der Waals surface area contributed by atoms with Crippen molar-refractivity contribution in [2.45, 2.75) is 23.7 Å². The van der Waals surface area contributed by atoms with Crippen molar-refractivity contribution in [2.24, 2.45) is 0 Å². The summed E-state index contributed by atoms with van der Waals surface area (Å²) in [7, 11) is 0. The molecule has 1 amide bonds. The number of amides is 1. The quantitative estimate of drug-likeness (QED) is 0.360. The van der Waals surface area contributed by atoms with Gasteiger partial charge in [-0.25, -0.2) is 4.39 Å². The van der Waals surface area contributed by atoms with Crippen molar-refractivity contribution >= 4 is 17.9 Å². The monoisotopic (exact) mass is 408 g/mol. The van der Waals surface area contributed by atoms with E-state index in [0.29, 0.717) is 19.5 Å². The fourth-order valence-corrected chi connectivity index (χ4v) is 3.79. The number of nitrogens with one attached hydrogen (secondary N) is 2. The molecular weight excluding hydrogens is 383 g/mol. The highest BCUT2D eigenvalue weighted by molar-refractivity contribution is 7.97. The summed E-state index contributed by atoms with van der Waals surface area (Å²) in [6.07, 6.45) is 1.24. The van der Waals surface area contributed by atoms with E-state index in [4.69, 9.17) is 0 Å². The maximum absolute atomic E-state index is 12.9. The topological polar surface area (TPSA) is 41.1 Å². The highest BCUT2D eigenvalue weighted by Gasteiger charge is 2.14. The lowest BCUT2D eigenvalue weighted by Gasteiger charge is -2.18. The highest BCUT2D eigenvalue weighted by Crippen LogP contribution is 2.27. The van der Waals surface area contributed by atoms with Crippen molar-refractivity contribution < 1.29 is 9.18 Å². The van der Waals surface area contributed by atoms with Gasteiger partial charge in [-0.05, 0) is 53.8 Å². The Labute approximate surface area is 175 Å². The van der Waals surface area contributed by atoms with Crippen molar-refractivity contribution in [3.8, 4) is 0 Å². The molecule has 0 bridgehead atoms. The summed E-state index contributed by atoms with van der Waals surface area (Å²) in [4.78, 5) is 13.1. The Balaban J connectivity index is 1.42. The molecule has 5 heteroatoms. The van der Waals surface area contributed by atoms with Gasteiger partial charge < -0.3 is 5.32 Å². The molecule has 0 unspecified atom stereocenters. The van der Waals surface area contributed by atoms with Gasteiger partial charge in [0.2, 0.25) is 5.91 Å². The van der Waals surface area contributed by atoms with Crippen molar-refractivity contribution in [3.05, 3.63) is 102 Å². The van der Waals surface area contributed by atoms with Crippen LogP contribution in [0.5, 0.6) is 0 Å². The molecule has 3 aromatic rings. The molecule has 0 atom stereocenters. The summed E-state index contributed by atoms with van der Waals surface area (Å²) < 4.78 is 16.0.